The molecule has 0 radical (unpaired) electrons. The Bertz CT molecular complexity index is 916. The van der Waals surface area contributed by atoms with Gasteiger partial charge in [-0.2, -0.15) is 0 Å². The maximum absolute atomic E-state index is 11.3. The Hall–Kier alpha value is -1.80. The number of nitrogens with zero attached hydrogens (tertiary/aromatic N) is 1. The maximum Gasteiger partial charge on any atom is 0.238 e. The van der Waals surface area contributed by atoms with Crippen molar-refractivity contribution in [2.75, 3.05) is 13.1 Å². The molecular weight excluding hydrogens is 419 g/mol. The van der Waals surface area contributed by atoms with E-state index in [1.54, 1.807) is 18.2 Å². The first-order valence-corrected chi connectivity index (χ1v) is 11.2. The zero-order chi connectivity index (χ0) is 20.6. The normalized spacial score (nSPS) is 12.1. The minimum atomic E-state index is -3.68. The number of hydrogen-bond donors (Lipinski definition) is 3. The van der Waals surface area contributed by atoms with Crippen molar-refractivity contribution in [3.8, 4) is 0 Å². The van der Waals surface area contributed by atoms with Crippen LogP contribution in [0.4, 0.5) is 0 Å². The molecule has 9 heteroatoms. The van der Waals surface area contributed by atoms with Gasteiger partial charge in [-0.1, -0.05) is 41.4 Å². The lowest BCUT2D eigenvalue weighted by molar-refractivity contribution is 0.598. The highest BCUT2D eigenvalue weighted by molar-refractivity contribution is 7.89. The molecule has 0 aliphatic rings. The molecule has 0 aliphatic carbocycles. The van der Waals surface area contributed by atoms with Crippen molar-refractivity contribution in [1.82, 2.24) is 10.6 Å². The highest BCUT2D eigenvalue weighted by Crippen LogP contribution is 2.21. The van der Waals surface area contributed by atoms with Crippen molar-refractivity contribution >= 4 is 39.2 Å². The monoisotopic (exact) mass is 442 g/mol. The molecule has 2 aromatic carbocycles. The molecule has 152 valence electrons. The largest absolute Gasteiger partial charge is 0.357 e. The maximum atomic E-state index is 11.3. The summed E-state index contributed by atoms with van der Waals surface area (Å²) in [6.45, 7) is 3.88. The van der Waals surface area contributed by atoms with Crippen molar-refractivity contribution in [3.05, 3.63) is 63.6 Å². The molecule has 0 bridgehead atoms. The summed E-state index contributed by atoms with van der Waals surface area (Å²) in [4.78, 5) is 4.61. The minimum Gasteiger partial charge on any atom is -0.357 e. The minimum absolute atomic E-state index is 0.0890. The van der Waals surface area contributed by atoms with Gasteiger partial charge in [0.2, 0.25) is 10.0 Å². The van der Waals surface area contributed by atoms with Crippen LogP contribution in [0.3, 0.4) is 0 Å². The van der Waals surface area contributed by atoms with Crippen LogP contribution in [0.2, 0.25) is 10.0 Å². The third-order valence-electron chi connectivity index (χ3n) is 3.95. The van der Waals surface area contributed by atoms with E-state index < -0.39 is 10.0 Å². The van der Waals surface area contributed by atoms with Crippen LogP contribution < -0.4 is 15.8 Å². The van der Waals surface area contributed by atoms with Crippen LogP contribution in [0.1, 0.15) is 24.5 Å². The fourth-order valence-electron chi connectivity index (χ4n) is 2.51. The SMILES string of the molecule is CCNC(=NCc1ccc(S(N)(=O)=O)cc1)NCCCc1ccc(Cl)cc1Cl. The third-order valence-corrected chi connectivity index (χ3v) is 5.46. The van der Waals surface area contributed by atoms with Crippen LogP contribution in [0.5, 0.6) is 0 Å². The van der Waals surface area contributed by atoms with E-state index in [2.05, 4.69) is 15.6 Å². The van der Waals surface area contributed by atoms with Crippen molar-refractivity contribution in [2.45, 2.75) is 31.2 Å². The molecule has 0 aliphatic heterocycles. The second-order valence-electron chi connectivity index (χ2n) is 6.15. The van der Waals surface area contributed by atoms with Gasteiger partial charge in [0.05, 0.1) is 11.4 Å². The van der Waals surface area contributed by atoms with Gasteiger partial charge in [0, 0.05) is 23.1 Å². The fraction of sp³-hybridized carbons (Fsp3) is 0.316. The van der Waals surface area contributed by atoms with Crippen LogP contribution in [-0.4, -0.2) is 27.5 Å². The van der Waals surface area contributed by atoms with Gasteiger partial charge in [-0.05, 0) is 55.2 Å². The molecule has 2 aromatic rings. The lowest BCUT2D eigenvalue weighted by Crippen LogP contribution is -2.37. The molecule has 0 unspecified atom stereocenters. The van der Waals surface area contributed by atoms with Crippen LogP contribution in [0.25, 0.3) is 0 Å². The number of aliphatic imine (C=N–C) groups is 1. The Morgan fingerprint density at radius 3 is 2.43 bits per heavy atom. The van der Waals surface area contributed by atoms with E-state index in [-0.39, 0.29) is 4.90 Å². The summed E-state index contributed by atoms with van der Waals surface area (Å²) in [5.74, 6) is 0.695. The Labute approximate surface area is 176 Å². The number of benzene rings is 2. The van der Waals surface area contributed by atoms with Crippen LogP contribution in [-0.2, 0) is 23.0 Å². The molecule has 0 fully saturated rings. The van der Waals surface area contributed by atoms with Gasteiger partial charge >= 0.3 is 0 Å². The second-order valence-corrected chi connectivity index (χ2v) is 8.56. The van der Waals surface area contributed by atoms with Gasteiger partial charge in [-0.25, -0.2) is 18.5 Å². The average molecular weight is 443 g/mol. The Morgan fingerprint density at radius 1 is 1.11 bits per heavy atom. The number of sulfonamides is 1. The van der Waals surface area contributed by atoms with E-state index in [1.165, 1.54) is 12.1 Å². The fourth-order valence-corrected chi connectivity index (χ4v) is 3.53. The summed E-state index contributed by atoms with van der Waals surface area (Å²) in [6, 6.07) is 11.9. The summed E-state index contributed by atoms with van der Waals surface area (Å²) < 4.78 is 22.6. The molecule has 0 aromatic heterocycles. The first-order chi connectivity index (χ1) is 13.3. The molecule has 0 amide bonds. The van der Waals surface area contributed by atoms with Gasteiger partial charge in [-0.3, -0.25) is 0 Å². The first-order valence-electron chi connectivity index (χ1n) is 8.87. The Kier molecular flexibility index (Phi) is 8.57. The van der Waals surface area contributed by atoms with Gasteiger partial charge in [-0.15, -0.1) is 0 Å². The molecule has 4 N–H and O–H groups in total. The lowest BCUT2D eigenvalue weighted by atomic mass is 10.1. The van der Waals surface area contributed by atoms with E-state index in [0.717, 1.165) is 37.1 Å². The predicted octanol–water partition coefficient (Wildman–Crippen LogP) is 3.33. The van der Waals surface area contributed by atoms with E-state index >= 15 is 0 Å². The molecule has 0 saturated heterocycles. The second kappa shape index (κ2) is 10.7. The summed E-state index contributed by atoms with van der Waals surface area (Å²) in [5, 5.41) is 12.9. The van der Waals surface area contributed by atoms with E-state index in [0.29, 0.717) is 22.5 Å². The van der Waals surface area contributed by atoms with Gasteiger partial charge in [0.25, 0.3) is 0 Å². The van der Waals surface area contributed by atoms with Crippen LogP contribution in [0, 0.1) is 0 Å². The predicted molar refractivity (Wildman–Crippen MR) is 115 cm³/mol. The standard InChI is InChI=1S/C19H24Cl2N4O2S/c1-2-23-19(24-11-3-4-15-7-8-16(20)12-18(15)21)25-13-14-5-9-17(10-6-14)28(22,26)27/h5-10,12H,2-4,11,13H2,1H3,(H2,22,26,27)(H2,23,24,25). The number of nitrogens with two attached hydrogens (primary N) is 1. The van der Waals surface area contributed by atoms with E-state index in [4.69, 9.17) is 28.3 Å². The highest BCUT2D eigenvalue weighted by Gasteiger charge is 2.07. The Balaban J connectivity index is 1.88. The van der Waals surface area contributed by atoms with Crippen molar-refractivity contribution in [1.29, 1.82) is 0 Å². The number of rotatable bonds is 8. The van der Waals surface area contributed by atoms with Crippen molar-refractivity contribution < 1.29 is 8.42 Å². The smallest absolute Gasteiger partial charge is 0.238 e. The molecule has 0 spiro atoms. The van der Waals surface area contributed by atoms with Crippen molar-refractivity contribution in [2.24, 2.45) is 10.1 Å². The van der Waals surface area contributed by atoms with Gasteiger partial charge in [0.15, 0.2) is 5.96 Å². The lowest BCUT2D eigenvalue weighted by Gasteiger charge is -2.12. The summed E-state index contributed by atoms with van der Waals surface area (Å²) in [6.07, 6.45) is 1.71. The quantitative estimate of drug-likeness (QED) is 0.331. The number of halogens is 2. The zero-order valence-corrected chi connectivity index (χ0v) is 17.9. The molecule has 0 atom stereocenters. The highest BCUT2D eigenvalue weighted by atomic mass is 35.5. The number of aryl methyl sites for hydroxylation is 1. The molecule has 0 heterocycles. The summed E-state index contributed by atoms with van der Waals surface area (Å²) in [7, 11) is -3.68. The summed E-state index contributed by atoms with van der Waals surface area (Å²) >= 11 is 12.1. The van der Waals surface area contributed by atoms with Gasteiger partial charge < -0.3 is 10.6 Å². The van der Waals surface area contributed by atoms with Crippen LogP contribution in [0.15, 0.2) is 52.4 Å². The number of nitrogens with one attached hydrogen (secondary N) is 2. The molecule has 2 rings (SSSR count). The molecular formula is C19H24Cl2N4O2S. The summed E-state index contributed by atoms with van der Waals surface area (Å²) in [5.41, 5.74) is 1.95. The number of guanidine groups is 1. The zero-order valence-electron chi connectivity index (χ0n) is 15.6. The van der Waals surface area contributed by atoms with E-state index in [1.807, 2.05) is 19.1 Å². The van der Waals surface area contributed by atoms with Crippen molar-refractivity contribution in [3.63, 3.8) is 0 Å². The first kappa shape index (κ1) is 22.5. The van der Waals surface area contributed by atoms with Crippen LogP contribution >= 0.6 is 23.2 Å². The Morgan fingerprint density at radius 2 is 1.82 bits per heavy atom. The average Bonchev–Trinajstić information content (AvgIpc) is 2.64. The number of primary sulfonamides is 1. The topological polar surface area (TPSA) is 96.6 Å². The third kappa shape index (κ3) is 7.31. The molecule has 0 saturated carbocycles. The van der Waals surface area contributed by atoms with E-state index in [9.17, 15) is 8.42 Å². The van der Waals surface area contributed by atoms with Gasteiger partial charge in [0.1, 0.15) is 0 Å². The number of hydrogen-bond acceptors (Lipinski definition) is 3. The molecule has 28 heavy (non-hydrogen) atoms. The molecule has 6 nitrogen and oxygen atoms in total.